The monoisotopic (exact) mass is 262 g/mol. The van der Waals surface area contributed by atoms with Crippen LogP contribution in [-0.4, -0.2) is 40.8 Å². The van der Waals surface area contributed by atoms with E-state index in [4.69, 9.17) is 10.5 Å². The van der Waals surface area contributed by atoms with Gasteiger partial charge in [-0.1, -0.05) is 18.2 Å². The lowest BCUT2D eigenvalue weighted by Crippen LogP contribution is -2.65. The second kappa shape index (κ2) is 5.52. The lowest BCUT2D eigenvalue weighted by atomic mass is 9.79. The number of benzene rings is 1. The van der Waals surface area contributed by atoms with E-state index in [1.807, 2.05) is 18.2 Å². The molecule has 1 aromatic rings. The van der Waals surface area contributed by atoms with Gasteiger partial charge in [0.15, 0.2) is 5.60 Å². The fourth-order valence-corrected chi connectivity index (χ4v) is 2.14. The topological polar surface area (TPSA) is 88.1 Å². The number of aliphatic hydroxyl groups is 2. The molecule has 5 nitrogen and oxygen atoms in total. The van der Waals surface area contributed by atoms with Crippen molar-refractivity contribution in [2.45, 2.75) is 17.6 Å². The van der Waals surface area contributed by atoms with E-state index in [1.165, 1.54) is 6.21 Å². The van der Waals surface area contributed by atoms with Crippen LogP contribution in [0.1, 0.15) is 6.42 Å². The second-order valence-corrected chi connectivity index (χ2v) is 4.57. The van der Waals surface area contributed by atoms with Gasteiger partial charge in [0.1, 0.15) is 11.3 Å². The summed E-state index contributed by atoms with van der Waals surface area (Å²) in [4.78, 5) is 3.97. The van der Waals surface area contributed by atoms with Crippen LogP contribution in [0.5, 0.6) is 5.75 Å². The van der Waals surface area contributed by atoms with Gasteiger partial charge in [-0.25, -0.2) is 0 Å². The van der Waals surface area contributed by atoms with Gasteiger partial charge < -0.3 is 20.7 Å². The molecule has 0 bridgehead atoms. The Morgan fingerprint density at radius 2 is 2.00 bits per heavy atom. The Balaban J connectivity index is 2.34. The van der Waals surface area contributed by atoms with Crippen LogP contribution in [0.25, 0.3) is 0 Å². The van der Waals surface area contributed by atoms with Crippen LogP contribution >= 0.6 is 0 Å². The molecule has 0 spiro atoms. The number of ether oxygens (including phenoxy) is 1. The normalized spacial score (nSPS) is 24.4. The number of nitrogens with two attached hydrogens (primary N) is 1. The van der Waals surface area contributed by atoms with Crippen molar-refractivity contribution < 1.29 is 14.9 Å². The SMILES string of the molecule is NC1(C(CO)(CCO)Oc2ccccc2)C=CN=C1. The molecule has 2 rings (SSSR count). The molecule has 102 valence electrons. The van der Waals surface area contributed by atoms with Gasteiger partial charge in [0.05, 0.1) is 6.61 Å². The standard InChI is InChI=1S/C14H18N2O3/c15-13(6-8-16-10-13)14(11-18,7-9-17)19-12-4-2-1-3-5-12/h1-6,8,10,17-18H,7,9,11,15H2. The Labute approximate surface area is 112 Å². The summed E-state index contributed by atoms with van der Waals surface area (Å²) in [6, 6.07) is 9.09. The Hall–Kier alpha value is -1.69. The largest absolute Gasteiger partial charge is 0.482 e. The Kier molecular flexibility index (Phi) is 3.99. The first-order valence-corrected chi connectivity index (χ1v) is 6.12. The molecule has 1 heterocycles. The highest BCUT2D eigenvalue weighted by molar-refractivity contribution is 5.79. The fraction of sp³-hybridized carbons (Fsp3) is 0.357. The van der Waals surface area contributed by atoms with Crippen molar-refractivity contribution in [1.82, 2.24) is 0 Å². The summed E-state index contributed by atoms with van der Waals surface area (Å²) in [5, 5.41) is 19.1. The van der Waals surface area contributed by atoms with Crippen LogP contribution in [0, 0.1) is 0 Å². The summed E-state index contributed by atoms with van der Waals surface area (Å²) in [5.41, 5.74) is 4.07. The minimum Gasteiger partial charge on any atom is -0.482 e. The number of nitrogens with zero attached hydrogens (tertiary/aromatic N) is 1. The molecule has 0 amide bonds. The Morgan fingerprint density at radius 1 is 1.26 bits per heavy atom. The van der Waals surface area contributed by atoms with Crippen molar-refractivity contribution in [3.05, 3.63) is 42.6 Å². The number of rotatable bonds is 6. The molecule has 0 fully saturated rings. The highest BCUT2D eigenvalue weighted by Gasteiger charge is 2.49. The van der Waals surface area contributed by atoms with Gasteiger partial charge in [0, 0.05) is 25.4 Å². The number of para-hydroxylation sites is 1. The zero-order valence-corrected chi connectivity index (χ0v) is 10.6. The van der Waals surface area contributed by atoms with E-state index in [2.05, 4.69) is 4.99 Å². The smallest absolute Gasteiger partial charge is 0.161 e. The fourth-order valence-electron chi connectivity index (χ4n) is 2.14. The quantitative estimate of drug-likeness (QED) is 0.695. The Morgan fingerprint density at radius 3 is 2.53 bits per heavy atom. The molecule has 1 aliphatic rings. The van der Waals surface area contributed by atoms with Crippen molar-refractivity contribution in [2.75, 3.05) is 13.2 Å². The van der Waals surface area contributed by atoms with Crippen LogP contribution in [0.3, 0.4) is 0 Å². The van der Waals surface area contributed by atoms with E-state index < -0.39 is 11.1 Å². The summed E-state index contributed by atoms with van der Waals surface area (Å²) in [6.45, 7) is -0.469. The third-order valence-electron chi connectivity index (χ3n) is 3.34. The minimum atomic E-state index is -1.14. The molecular weight excluding hydrogens is 244 g/mol. The maximum atomic E-state index is 9.78. The molecule has 1 aromatic carbocycles. The number of aliphatic hydroxyl groups excluding tert-OH is 2. The van der Waals surface area contributed by atoms with Gasteiger partial charge in [0.25, 0.3) is 0 Å². The maximum Gasteiger partial charge on any atom is 0.161 e. The van der Waals surface area contributed by atoms with Crippen molar-refractivity contribution >= 4 is 6.21 Å². The summed E-state index contributed by atoms with van der Waals surface area (Å²) in [5.74, 6) is 0.587. The first-order valence-electron chi connectivity index (χ1n) is 6.12. The second-order valence-electron chi connectivity index (χ2n) is 4.57. The van der Waals surface area contributed by atoms with Crippen LogP contribution < -0.4 is 10.5 Å². The van der Waals surface area contributed by atoms with Crippen molar-refractivity contribution in [3.63, 3.8) is 0 Å². The maximum absolute atomic E-state index is 9.78. The Bertz CT molecular complexity index is 461. The van der Waals surface area contributed by atoms with E-state index in [0.717, 1.165) is 0 Å². The molecule has 4 N–H and O–H groups in total. The van der Waals surface area contributed by atoms with Crippen LogP contribution in [0.2, 0.25) is 0 Å². The van der Waals surface area contributed by atoms with Gasteiger partial charge in [0.2, 0.25) is 0 Å². The number of aliphatic imine (C=N–C) groups is 1. The molecular formula is C14H18N2O3. The zero-order valence-electron chi connectivity index (χ0n) is 10.6. The average Bonchev–Trinajstić information content (AvgIpc) is 2.88. The van der Waals surface area contributed by atoms with Crippen LogP contribution in [-0.2, 0) is 0 Å². The first kappa shape index (κ1) is 13.7. The van der Waals surface area contributed by atoms with E-state index in [1.54, 1.807) is 24.4 Å². The molecule has 2 unspecified atom stereocenters. The highest BCUT2D eigenvalue weighted by Crippen LogP contribution is 2.32. The molecule has 0 saturated heterocycles. The summed E-state index contributed by atoms with van der Waals surface area (Å²) >= 11 is 0. The van der Waals surface area contributed by atoms with E-state index in [9.17, 15) is 10.2 Å². The summed E-state index contributed by atoms with van der Waals surface area (Å²) in [6.07, 6.45) is 4.96. The zero-order chi connectivity index (χ0) is 13.8. The summed E-state index contributed by atoms with van der Waals surface area (Å²) < 4.78 is 5.90. The molecule has 2 atom stereocenters. The predicted molar refractivity (Wildman–Crippen MR) is 73.1 cm³/mol. The van der Waals surface area contributed by atoms with E-state index in [0.29, 0.717) is 5.75 Å². The molecule has 19 heavy (non-hydrogen) atoms. The molecule has 0 radical (unpaired) electrons. The molecule has 1 aliphatic heterocycles. The lowest BCUT2D eigenvalue weighted by Gasteiger charge is -2.42. The third kappa shape index (κ3) is 2.53. The first-order chi connectivity index (χ1) is 9.16. The van der Waals surface area contributed by atoms with E-state index in [-0.39, 0.29) is 19.6 Å². The summed E-state index contributed by atoms with van der Waals surface area (Å²) in [7, 11) is 0. The molecule has 0 aliphatic carbocycles. The van der Waals surface area contributed by atoms with Gasteiger partial charge in [-0.3, -0.25) is 4.99 Å². The molecule has 0 aromatic heterocycles. The van der Waals surface area contributed by atoms with Crippen LogP contribution in [0.15, 0.2) is 47.6 Å². The van der Waals surface area contributed by atoms with E-state index >= 15 is 0 Å². The molecule has 0 saturated carbocycles. The van der Waals surface area contributed by atoms with Gasteiger partial charge >= 0.3 is 0 Å². The number of hydrogen-bond donors (Lipinski definition) is 3. The van der Waals surface area contributed by atoms with Crippen molar-refractivity contribution in [3.8, 4) is 5.75 Å². The van der Waals surface area contributed by atoms with Gasteiger partial charge in [-0.15, -0.1) is 0 Å². The van der Waals surface area contributed by atoms with Gasteiger partial charge in [-0.05, 0) is 18.2 Å². The van der Waals surface area contributed by atoms with Crippen molar-refractivity contribution in [1.29, 1.82) is 0 Å². The highest BCUT2D eigenvalue weighted by atomic mass is 16.5. The van der Waals surface area contributed by atoms with Crippen molar-refractivity contribution in [2.24, 2.45) is 10.7 Å². The average molecular weight is 262 g/mol. The minimum absolute atomic E-state index is 0.145. The van der Waals surface area contributed by atoms with Gasteiger partial charge in [-0.2, -0.15) is 0 Å². The van der Waals surface area contributed by atoms with Crippen LogP contribution in [0.4, 0.5) is 0 Å². The lowest BCUT2D eigenvalue weighted by molar-refractivity contribution is -0.0319. The third-order valence-corrected chi connectivity index (χ3v) is 3.34. The molecule has 5 heteroatoms. The number of hydrogen-bond acceptors (Lipinski definition) is 5. The predicted octanol–water partition coefficient (Wildman–Crippen LogP) is 0.474.